The van der Waals surface area contributed by atoms with Gasteiger partial charge in [-0.05, 0) is 50.5 Å². The van der Waals surface area contributed by atoms with Crippen molar-refractivity contribution >= 4 is 22.4 Å². The Morgan fingerprint density at radius 1 is 0.867 bits per heavy atom. The molecule has 0 aliphatic rings. The lowest BCUT2D eigenvalue weighted by molar-refractivity contribution is -0.116. The van der Waals surface area contributed by atoms with Crippen LogP contribution in [0.25, 0.3) is 0 Å². The molecule has 1 N–H and O–H groups in total. The largest absolute Gasteiger partial charge is 0.302 e. The lowest BCUT2D eigenvalue weighted by Crippen LogP contribution is -2.10. The molecule has 0 unspecified atom stereocenters. The number of anilines is 1. The van der Waals surface area contributed by atoms with Gasteiger partial charge in [0.15, 0.2) is 5.13 Å². The smallest absolute Gasteiger partial charge is 0.226 e. The maximum absolute atomic E-state index is 11.7. The van der Waals surface area contributed by atoms with Crippen molar-refractivity contribution in [3.05, 3.63) is 96.1 Å². The second kappa shape index (κ2) is 16.1. The lowest BCUT2D eigenvalue weighted by atomic mass is 10.1. The molecule has 158 valence electrons. The van der Waals surface area contributed by atoms with Gasteiger partial charge in [0, 0.05) is 18.0 Å². The van der Waals surface area contributed by atoms with Gasteiger partial charge < -0.3 is 5.32 Å². The van der Waals surface area contributed by atoms with E-state index in [1.54, 1.807) is 6.20 Å². The van der Waals surface area contributed by atoms with Crippen molar-refractivity contribution in [3.8, 4) is 0 Å². The highest BCUT2D eigenvalue weighted by Gasteiger charge is 2.02. The van der Waals surface area contributed by atoms with E-state index in [1.807, 2.05) is 5.38 Å². The van der Waals surface area contributed by atoms with E-state index in [4.69, 9.17) is 0 Å². The molecule has 4 heteroatoms. The Morgan fingerprint density at radius 2 is 1.50 bits per heavy atom. The molecule has 3 nitrogen and oxygen atoms in total. The summed E-state index contributed by atoms with van der Waals surface area (Å²) >= 11 is 1.44. The third kappa shape index (κ3) is 12.0. The highest BCUT2D eigenvalue weighted by Crippen LogP contribution is 2.11. The van der Waals surface area contributed by atoms with Crippen molar-refractivity contribution in [3.63, 3.8) is 0 Å². The molecule has 1 aromatic carbocycles. The fourth-order valence-electron chi connectivity index (χ4n) is 2.79. The lowest BCUT2D eigenvalue weighted by Gasteiger charge is -1.99. The fourth-order valence-corrected chi connectivity index (χ4v) is 3.34. The summed E-state index contributed by atoms with van der Waals surface area (Å²) in [5.41, 5.74) is 1.40. The summed E-state index contributed by atoms with van der Waals surface area (Å²) in [5, 5.41) is 5.33. The van der Waals surface area contributed by atoms with Crippen LogP contribution in [0, 0.1) is 0 Å². The first kappa shape index (κ1) is 23.6. The first-order chi connectivity index (χ1) is 14.8. The maximum Gasteiger partial charge on any atom is 0.226 e. The predicted molar refractivity (Wildman–Crippen MR) is 130 cm³/mol. The molecule has 1 aromatic heterocycles. The molecule has 2 rings (SSSR count). The van der Waals surface area contributed by atoms with Crippen LogP contribution in [-0.2, 0) is 11.2 Å². The summed E-state index contributed by atoms with van der Waals surface area (Å²) in [6.07, 6.45) is 26.8. The number of rotatable bonds is 14. The van der Waals surface area contributed by atoms with Crippen LogP contribution in [0.3, 0.4) is 0 Å². The minimum Gasteiger partial charge on any atom is -0.302 e. The zero-order valence-corrected chi connectivity index (χ0v) is 18.4. The van der Waals surface area contributed by atoms with E-state index in [9.17, 15) is 4.79 Å². The number of hydrogen-bond donors (Lipinski definition) is 1. The molecule has 0 atom stereocenters. The van der Waals surface area contributed by atoms with E-state index >= 15 is 0 Å². The monoisotopic (exact) mass is 420 g/mol. The number of benzene rings is 1. The zero-order chi connectivity index (χ0) is 21.1. The van der Waals surface area contributed by atoms with Gasteiger partial charge in [-0.25, -0.2) is 4.98 Å². The highest BCUT2D eigenvalue weighted by molar-refractivity contribution is 7.13. The van der Waals surface area contributed by atoms with Gasteiger partial charge in [-0.2, -0.15) is 0 Å². The van der Waals surface area contributed by atoms with Crippen LogP contribution in [0.4, 0.5) is 5.13 Å². The van der Waals surface area contributed by atoms with Crippen molar-refractivity contribution in [2.45, 2.75) is 51.4 Å². The summed E-state index contributed by atoms with van der Waals surface area (Å²) in [4.78, 5) is 15.8. The van der Waals surface area contributed by atoms with E-state index in [0.29, 0.717) is 11.6 Å². The van der Waals surface area contributed by atoms with Crippen molar-refractivity contribution in [2.24, 2.45) is 0 Å². The predicted octanol–water partition coefficient (Wildman–Crippen LogP) is 7.28. The van der Waals surface area contributed by atoms with Crippen LogP contribution >= 0.6 is 11.3 Å². The Balaban J connectivity index is 1.40. The van der Waals surface area contributed by atoms with Crippen molar-refractivity contribution in [2.75, 3.05) is 5.32 Å². The fraction of sp³-hybridized carbons (Fsp3) is 0.308. The minimum absolute atomic E-state index is 0.0380. The molecule has 0 fully saturated rings. The molecule has 1 heterocycles. The molecular weight excluding hydrogens is 388 g/mol. The summed E-state index contributed by atoms with van der Waals surface area (Å²) in [7, 11) is 0. The molecular formula is C26H32N2OS. The van der Waals surface area contributed by atoms with Crippen molar-refractivity contribution in [1.82, 2.24) is 4.98 Å². The molecule has 2 aromatic rings. The quantitative estimate of drug-likeness (QED) is 0.258. The normalized spacial score (nSPS) is 12.0. The van der Waals surface area contributed by atoms with Gasteiger partial charge in [0.05, 0.1) is 0 Å². The summed E-state index contributed by atoms with van der Waals surface area (Å²) in [5.74, 6) is 0.0380. The number of hydrogen-bond acceptors (Lipinski definition) is 3. The average molecular weight is 421 g/mol. The van der Waals surface area contributed by atoms with Gasteiger partial charge in [0.1, 0.15) is 0 Å². The van der Waals surface area contributed by atoms with Gasteiger partial charge in [-0.3, -0.25) is 4.79 Å². The van der Waals surface area contributed by atoms with Gasteiger partial charge >= 0.3 is 0 Å². The number of aryl methyl sites for hydroxylation is 1. The molecule has 0 spiro atoms. The molecule has 0 aliphatic carbocycles. The molecule has 0 bridgehead atoms. The first-order valence-corrected chi connectivity index (χ1v) is 11.6. The number of thiazole rings is 1. The summed E-state index contributed by atoms with van der Waals surface area (Å²) < 4.78 is 0. The van der Waals surface area contributed by atoms with Gasteiger partial charge in [-0.1, -0.05) is 78.9 Å². The zero-order valence-electron chi connectivity index (χ0n) is 17.6. The topological polar surface area (TPSA) is 42.0 Å². The van der Waals surface area contributed by atoms with Gasteiger partial charge in [-0.15, -0.1) is 11.3 Å². The third-order valence-corrected chi connectivity index (χ3v) is 5.07. The Bertz CT molecular complexity index is 805. The van der Waals surface area contributed by atoms with E-state index in [-0.39, 0.29) is 5.91 Å². The second-order valence-corrected chi connectivity index (χ2v) is 7.79. The van der Waals surface area contributed by atoms with Crippen LogP contribution in [0.15, 0.2) is 90.5 Å². The van der Waals surface area contributed by atoms with Crippen molar-refractivity contribution in [1.29, 1.82) is 0 Å². The van der Waals surface area contributed by atoms with E-state index in [1.165, 1.54) is 16.9 Å². The minimum atomic E-state index is 0.0380. The Labute approximate surface area is 185 Å². The van der Waals surface area contributed by atoms with Gasteiger partial charge in [0.2, 0.25) is 5.91 Å². The molecule has 30 heavy (non-hydrogen) atoms. The number of nitrogens with zero attached hydrogens (tertiary/aromatic N) is 1. The van der Waals surface area contributed by atoms with Crippen LogP contribution in [0.2, 0.25) is 0 Å². The first-order valence-electron chi connectivity index (χ1n) is 10.7. The number of aromatic nitrogens is 1. The maximum atomic E-state index is 11.7. The Kier molecular flexibility index (Phi) is 12.7. The molecule has 0 radical (unpaired) electrons. The Morgan fingerprint density at radius 3 is 2.13 bits per heavy atom. The van der Waals surface area contributed by atoms with Crippen LogP contribution in [-0.4, -0.2) is 10.9 Å². The van der Waals surface area contributed by atoms with Crippen LogP contribution < -0.4 is 5.32 Å². The third-order valence-electron chi connectivity index (χ3n) is 4.38. The molecule has 0 saturated heterocycles. The number of unbranched alkanes of at least 4 members (excludes halogenated alkanes) is 1. The number of allylic oxidation sites excluding steroid dienone is 8. The van der Waals surface area contributed by atoms with Crippen LogP contribution in [0.1, 0.15) is 50.5 Å². The molecule has 1 amide bonds. The second-order valence-electron chi connectivity index (χ2n) is 6.89. The summed E-state index contributed by atoms with van der Waals surface area (Å²) in [6.45, 7) is 0. The SMILES string of the molecule is O=C(CCCC=CCC=CCC=CCC=CCCc1ccccc1)Nc1nccs1. The van der Waals surface area contributed by atoms with E-state index in [0.717, 1.165) is 44.9 Å². The van der Waals surface area contributed by atoms with E-state index in [2.05, 4.69) is 89.2 Å². The average Bonchev–Trinajstić information content (AvgIpc) is 3.27. The molecule has 0 saturated carbocycles. The Hall–Kier alpha value is -2.72. The number of amides is 1. The number of nitrogens with one attached hydrogen (secondary N) is 1. The van der Waals surface area contributed by atoms with Crippen LogP contribution in [0.5, 0.6) is 0 Å². The number of carbonyl (C=O) groups excluding carboxylic acids is 1. The summed E-state index contributed by atoms with van der Waals surface area (Å²) in [6, 6.07) is 10.6. The standard InChI is InChI=1S/C26H32N2OS/c29-25(28-26-27-22-23-30-26)21-17-12-10-8-6-4-2-1-3-5-7-9-11-14-18-24-19-15-13-16-20-24/h2-5,8-11,13,15-16,19-20,22-23H,1,6-7,12,14,17-18,21H2,(H,27,28,29). The van der Waals surface area contributed by atoms with E-state index < -0.39 is 0 Å². The van der Waals surface area contributed by atoms with Gasteiger partial charge in [0.25, 0.3) is 0 Å². The molecule has 0 aliphatic heterocycles. The highest BCUT2D eigenvalue weighted by atomic mass is 32.1. The van der Waals surface area contributed by atoms with Crippen molar-refractivity contribution < 1.29 is 4.79 Å². The number of carbonyl (C=O) groups is 1.